The number of hydrogen-bond donors (Lipinski definition) is 0. The van der Waals surface area contributed by atoms with Gasteiger partial charge >= 0.3 is 0 Å². The maximum absolute atomic E-state index is 11.6. The van der Waals surface area contributed by atoms with Crippen LogP contribution >= 0.6 is 0 Å². The quantitative estimate of drug-likeness (QED) is 0.740. The SMILES string of the molecule is CC(C)(C)[S@@](=O)N=CCCc1ccccc1. The predicted octanol–water partition coefficient (Wildman–Crippen LogP) is 3.15. The van der Waals surface area contributed by atoms with Gasteiger partial charge in [0.05, 0.1) is 4.75 Å². The standard InChI is InChI=1S/C13H19NOS/c1-13(2,3)16(15)14-11-7-10-12-8-5-4-6-9-12/h4-6,8-9,11H,7,10H2,1-3H3/t16-/m1/s1. The first-order valence-corrected chi connectivity index (χ1v) is 6.59. The summed E-state index contributed by atoms with van der Waals surface area (Å²) in [5, 5.41) is 0. The molecule has 0 saturated heterocycles. The summed E-state index contributed by atoms with van der Waals surface area (Å²) in [6.07, 6.45) is 3.56. The first kappa shape index (κ1) is 13.1. The zero-order valence-corrected chi connectivity index (χ0v) is 11.0. The number of benzene rings is 1. The fraction of sp³-hybridized carbons (Fsp3) is 0.462. The minimum Gasteiger partial charge on any atom is -0.234 e. The fourth-order valence-electron chi connectivity index (χ4n) is 1.15. The molecule has 1 aromatic carbocycles. The molecule has 0 spiro atoms. The van der Waals surface area contributed by atoms with Crippen molar-refractivity contribution in [2.45, 2.75) is 38.4 Å². The Kier molecular flexibility index (Phi) is 4.87. The van der Waals surface area contributed by atoms with E-state index in [0.29, 0.717) is 0 Å². The first-order chi connectivity index (χ1) is 7.50. The van der Waals surface area contributed by atoms with Crippen LogP contribution in [0, 0.1) is 0 Å². The fourth-order valence-corrected chi connectivity index (χ4v) is 1.71. The number of aryl methyl sites for hydroxylation is 1. The van der Waals surface area contributed by atoms with E-state index < -0.39 is 11.0 Å². The molecule has 0 aliphatic heterocycles. The van der Waals surface area contributed by atoms with Crippen LogP contribution in [0.15, 0.2) is 34.7 Å². The molecule has 16 heavy (non-hydrogen) atoms. The molecular formula is C13H19NOS. The van der Waals surface area contributed by atoms with E-state index in [-0.39, 0.29) is 4.75 Å². The lowest BCUT2D eigenvalue weighted by atomic mass is 10.1. The molecule has 1 rings (SSSR count). The van der Waals surface area contributed by atoms with Gasteiger partial charge in [-0.1, -0.05) is 30.3 Å². The molecule has 0 unspecified atom stereocenters. The van der Waals surface area contributed by atoms with Gasteiger partial charge in [0, 0.05) is 6.21 Å². The minimum atomic E-state index is -1.13. The highest BCUT2D eigenvalue weighted by Crippen LogP contribution is 2.11. The molecule has 0 radical (unpaired) electrons. The third-order valence-corrected chi connectivity index (χ3v) is 3.49. The van der Waals surface area contributed by atoms with Gasteiger partial charge in [-0.3, -0.25) is 0 Å². The van der Waals surface area contributed by atoms with Gasteiger partial charge in [0.2, 0.25) is 0 Å². The van der Waals surface area contributed by atoms with E-state index in [0.717, 1.165) is 12.8 Å². The van der Waals surface area contributed by atoms with E-state index in [1.54, 1.807) is 6.21 Å². The van der Waals surface area contributed by atoms with Gasteiger partial charge in [-0.05, 0) is 39.2 Å². The summed E-state index contributed by atoms with van der Waals surface area (Å²) < 4.78 is 15.4. The van der Waals surface area contributed by atoms with Gasteiger partial charge < -0.3 is 0 Å². The summed E-state index contributed by atoms with van der Waals surface area (Å²) in [7, 11) is -1.13. The summed E-state index contributed by atoms with van der Waals surface area (Å²) in [4.78, 5) is 0. The van der Waals surface area contributed by atoms with Gasteiger partial charge in [-0.2, -0.15) is 4.40 Å². The van der Waals surface area contributed by atoms with Gasteiger partial charge in [0.25, 0.3) is 0 Å². The van der Waals surface area contributed by atoms with Gasteiger partial charge in [0.1, 0.15) is 11.0 Å². The van der Waals surface area contributed by atoms with E-state index in [2.05, 4.69) is 16.5 Å². The normalized spacial score (nSPS) is 14.2. The lowest BCUT2D eigenvalue weighted by Gasteiger charge is -2.12. The Bertz CT molecular complexity index is 365. The van der Waals surface area contributed by atoms with Crippen LogP contribution in [0.4, 0.5) is 0 Å². The highest BCUT2D eigenvalue weighted by Gasteiger charge is 2.17. The lowest BCUT2D eigenvalue weighted by molar-refractivity contribution is 0.650. The molecule has 0 amide bonds. The molecule has 0 fully saturated rings. The molecule has 0 heterocycles. The molecule has 1 aromatic rings. The van der Waals surface area contributed by atoms with Crippen LogP contribution in [0.25, 0.3) is 0 Å². The van der Waals surface area contributed by atoms with Crippen molar-refractivity contribution < 1.29 is 4.21 Å². The first-order valence-electron chi connectivity index (χ1n) is 5.48. The topological polar surface area (TPSA) is 29.4 Å². The van der Waals surface area contributed by atoms with Crippen molar-refractivity contribution in [1.29, 1.82) is 0 Å². The molecule has 0 bridgehead atoms. The van der Waals surface area contributed by atoms with Gasteiger partial charge in [0.15, 0.2) is 0 Å². The largest absolute Gasteiger partial charge is 0.234 e. The van der Waals surface area contributed by atoms with Crippen LogP contribution < -0.4 is 0 Å². The van der Waals surface area contributed by atoms with Crippen LogP contribution in [0.3, 0.4) is 0 Å². The second-order valence-electron chi connectivity index (χ2n) is 4.67. The average molecular weight is 237 g/mol. The van der Waals surface area contributed by atoms with Gasteiger partial charge in [-0.25, -0.2) is 4.21 Å². The summed E-state index contributed by atoms with van der Waals surface area (Å²) in [5.74, 6) is 0. The van der Waals surface area contributed by atoms with E-state index in [1.807, 2.05) is 39.0 Å². The number of rotatable bonds is 4. The van der Waals surface area contributed by atoms with Gasteiger partial charge in [-0.15, -0.1) is 0 Å². The van der Waals surface area contributed by atoms with Crippen LogP contribution in [0.1, 0.15) is 32.8 Å². The summed E-state index contributed by atoms with van der Waals surface area (Å²) in [6.45, 7) is 5.78. The van der Waals surface area contributed by atoms with Crippen LogP contribution in [0.5, 0.6) is 0 Å². The minimum absolute atomic E-state index is 0.261. The molecule has 0 aromatic heterocycles. The molecule has 2 nitrogen and oxygen atoms in total. The van der Waals surface area contributed by atoms with Crippen molar-refractivity contribution in [3.8, 4) is 0 Å². The maximum Gasteiger partial charge on any atom is 0.144 e. The maximum atomic E-state index is 11.6. The van der Waals surface area contributed by atoms with E-state index in [9.17, 15) is 4.21 Å². The van der Waals surface area contributed by atoms with Crippen LogP contribution in [-0.2, 0) is 17.4 Å². The second-order valence-corrected chi connectivity index (χ2v) is 6.61. The van der Waals surface area contributed by atoms with Crippen molar-refractivity contribution in [1.82, 2.24) is 0 Å². The number of hydrogen-bond acceptors (Lipinski definition) is 1. The van der Waals surface area contributed by atoms with Crippen molar-refractivity contribution in [3.05, 3.63) is 35.9 Å². The molecule has 1 atom stereocenters. The summed E-state index contributed by atoms with van der Waals surface area (Å²) in [6, 6.07) is 10.2. The Morgan fingerprint density at radius 1 is 1.25 bits per heavy atom. The van der Waals surface area contributed by atoms with E-state index in [1.165, 1.54) is 5.56 Å². The van der Waals surface area contributed by atoms with Crippen LogP contribution in [0.2, 0.25) is 0 Å². The third-order valence-electron chi connectivity index (χ3n) is 2.10. The van der Waals surface area contributed by atoms with Crippen molar-refractivity contribution in [2.24, 2.45) is 4.40 Å². The van der Waals surface area contributed by atoms with Crippen molar-refractivity contribution >= 4 is 17.2 Å². The molecule has 0 aliphatic rings. The zero-order chi connectivity index (χ0) is 12.0. The molecule has 0 N–H and O–H groups in total. The molecular weight excluding hydrogens is 218 g/mol. The van der Waals surface area contributed by atoms with E-state index >= 15 is 0 Å². The lowest BCUT2D eigenvalue weighted by Crippen LogP contribution is -2.19. The Morgan fingerprint density at radius 2 is 1.88 bits per heavy atom. The zero-order valence-electron chi connectivity index (χ0n) is 10.1. The Hall–Kier alpha value is -0.960. The summed E-state index contributed by atoms with van der Waals surface area (Å²) >= 11 is 0. The highest BCUT2D eigenvalue weighted by molar-refractivity contribution is 7.85. The van der Waals surface area contributed by atoms with E-state index in [4.69, 9.17) is 0 Å². The Balaban J connectivity index is 2.37. The highest BCUT2D eigenvalue weighted by atomic mass is 32.2. The average Bonchev–Trinajstić information content (AvgIpc) is 2.24. The smallest absolute Gasteiger partial charge is 0.144 e. The van der Waals surface area contributed by atoms with Crippen molar-refractivity contribution in [2.75, 3.05) is 0 Å². The van der Waals surface area contributed by atoms with Crippen molar-refractivity contribution in [3.63, 3.8) is 0 Å². The Morgan fingerprint density at radius 3 is 2.44 bits per heavy atom. The molecule has 0 saturated carbocycles. The molecule has 0 aliphatic carbocycles. The third kappa shape index (κ3) is 4.71. The predicted molar refractivity (Wildman–Crippen MR) is 71.2 cm³/mol. The van der Waals surface area contributed by atoms with Crippen LogP contribution in [-0.4, -0.2) is 15.2 Å². The number of nitrogens with zero attached hydrogens (tertiary/aromatic N) is 1. The summed E-state index contributed by atoms with van der Waals surface area (Å²) in [5.41, 5.74) is 1.29. The Labute approximate surface area is 100 Å². The monoisotopic (exact) mass is 237 g/mol. The second kappa shape index (κ2) is 5.94. The molecule has 3 heteroatoms. The molecule has 88 valence electrons.